The Morgan fingerprint density at radius 2 is 2.06 bits per heavy atom. The van der Waals surface area contributed by atoms with Crippen LogP contribution < -0.4 is 31.1 Å². The summed E-state index contributed by atoms with van der Waals surface area (Å²) in [5, 5.41) is 10.3. The van der Waals surface area contributed by atoms with Gasteiger partial charge < -0.3 is 30.2 Å². The molecule has 0 atom stereocenters. The molecule has 3 heterocycles. The number of likely N-dealkylation sites (N-methyl/N-ethyl adjacent to an activating group) is 1. The van der Waals surface area contributed by atoms with Crippen LogP contribution in [0.1, 0.15) is 19.8 Å². The fourth-order valence-corrected chi connectivity index (χ4v) is 4.03. The van der Waals surface area contributed by atoms with Crippen molar-refractivity contribution in [1.29, 1.82) is 0 Å². The van der Waals surface area contributed by atoms with Gasteiger partial charge in [-0.15, -0.1) is 0 Å². The van der Waals surface area contributed by atoms with Crippen molar-refractivity contribution in [3.05, 3.63) is 45.8 Å². The van der Waals surface area contributed by atoms with Gasteiger partial charge in [0.05, 0.1) is 11.7 Å². The number of hydrogen-bond acceptors (Lipinski definition) is 8. The van der Waals surface area contributed by atoms with E-state index in [2.05, 4.69) is 37.7 Å². The Morgan fingerprint density at radius 1 is 1.26 bits per heavy atom. The number of halogens is 1. The molecule has 0 bridgehead atoms. The highest BCUT2D eigenvalue weighted by molar-refractivity contribution is 6.32. The van der Waals surface area contributed by atoms with Crippen molar-refractivity contribution >= 4 is 45.9 Å². The number of benzene rings is 1. The third-order valence-electron chi connectivity index (χ3n) is 5.83. The van der Waals surface area contributed by atoms with E-state index in [-0.39, 0.29) is 23.8 Å². The predicted octanol–water partition coefficient (Wildman–Crippen LogP) is 2.52. The smallest absolute Gasteiger partial charge is 0.293 e. The minimum Gasteiger partial charge on any atom is -0.478 e. The molecular formula is C24H30ClN7O3. The second-order valence-corrected chi connectivity index (χ2v) is 8.69. The van der Waals surface area contributed by atoms with Crippen LogP contribution in [0.3, 0.4) is 0 Å². The summed E-state index contributed by atoms with van der Waals surface area (Å²) < 4.78 is 7.26. The molecule has 11 heteroatoms. The number of fused-ring (bicyclic) bond motifs is 1. The molecule has 1 fully saturated rings. The lowest BCUT2D eigenvalue weighted by atomic mass is 10.1. The van der Waals surface area contributed by atoms with Crippen molar-refractivity contribution in [2.45, 2.75) is 26.3 Å². The maximum absolute atomic E-state index is 13.0. The van der Waals surface area contributed by atoms with Crippen LogP contribution in [-0.4, -0.2) is 60.3 Å². The Labute approximate surface area is 208 Å². The molecule has 0 saturated carbocycles. The van der Waals surface area contributed by atoms with Crippen molar-refractivity contribution in [2.75, 3.05) is 50.1 Å². The van der Waals surface area contributed by atoms with E-state index in [1.54, 1.807) is 16.8 Å². The van der Waals surface area contributed by atoms with Crippen molar-refractivity contribution in [3.8, 4) is 5.75 Å². The van der Waals surface area contributed by atoms with Gasteiger partial charge in [0.2, 0.25) is 5.95 Å². The number of hydrogen-bond donors (Lipinski definition) is 3. The summed E-state index contributed by atoms with van der Waals surface area (Å²) in [6.45, 7) is 5.81. The molecule has 4 rings (SSSR count). The van der Waals surface area contributed by atoms with Crippen LogP contribution in [0.4, 0.5) is 17.5 Å². The Kier molecular flexibility index (Phi) is 8.04. The topological polar surface area (TPSA) is 113 Å². The zero-order valence-electron chi connectivity index (χ0n) is 19.9. The number of pyridine rings is 1. The molecule has 10 nitrogen and oxygen atoms in total. The number of unbranched alkanes of at least 4 members (excludes halogenated alkanes) is 1. The molecule has 1 aliphatic heterocycles. The predicted molar refractivity (Wildman–Crippen MR) is 138 cm³/mol. The number of carbonyl (C=O) groups excluding carboxylic acids is 1. The summed E-state index contributed by atoms with van der Waals surface area (Å²) in [5.41, 5.74) is 1.29. The van der Waals surface area contributed by atoms with Crippen LogP contribution in [0.5, 0.6) is 5.75 Å². The average Bonchev–Trinajstić information content (AvgIpc) is 2.88. The van der Waals surface area contributed by atoms with Crippen LogP contribution in [0.2, 0.25) is 5.02 Å². The number of nitrogens with zero attached hydrogens (tertiary/aromatic N) is 4. The molecule has 1 amide bonds. The lowest BCUT2D eigenvalue weighted by molar-refractivity contribution is -0.122. The zero-order valence-corrected chi connectivity index (χ0v) is 20.7. The van der Waals surface area contributed by atoms with E-state index >= 15 is 0 Å². The Balaban J connectivity index is 1.67. The van der Waals surface area contributed by atoms with Crippen LogP contribution >= 0.6 is 11.6 Å². The summed E-state index contributed by atoms with van der Waals surface area (Å²) in [4.78, 5) is 35.8. The Hall–Kier alpha value is -3.37. The lowest BCUT2D eigenvalue weighted by Crippen LogP contribution is -2.44. The van der Waals surface area contributed by atoms with Gasteiger partial charge in [-0.05, 0) is 30.7 Å². The van der Waals surface area contributed by atoms with E-state index in [0.717, 1.165) is 55.6 Å². The molecule has 0 unspecified atom stereocenters. The van der Waals surface area contributed by atoms with Gasteiger partial charge in [0.25, 0.3) is 11.5 Å². The van der Waals surface area contributed by atoms with E-state index in [1.165, 1.54) is 7.05 Å². The molecule has 0 aliphatic carbocycles. The number of aromatic nitrogens is 3. The lowest BCUT2D eigenvalue weighted by Gasteiger charge is -2.27. The van der Waals surface area contributed by atoms with Gasteiger partial charge in [0.15, 0.2) is 18.2 Å². The number of nitrogens with one attached hydrogen (secondary N) is 3. The maximum atomic E-state index is 13.0. The third-order valence-corrected chi connectivity index (χ3v) is 6.10. The molecule has 2 aromatic heterocycles. The number of ether oxygens (including phenoxy) is 1. The minimum atomic E-state index is -0.307. The maximum Gasteiger partial charge on any atom is 0.293 e. The van der Waals surface area contributed by atoms with Crippen molar-refractivity contribution in [2.24, 2.45) is 0 Å². The molecule has 1 aliphatic rings. The number of rotatable bonds is 9. The van der Waals surface area contributed by atoms with Gasteiger partial charge in [-0.3, -0.25) is 9.59 Å². The van der Waals surface area contributed by atoms with Crippen molar-refractivity contribution < 1.29 is 9.53 Å². The fourth-order valence-electron chi connectivity index (χ4n) is 3.90. The third kappa shape index (κ3) is 5.83. The highest BCUT2D eigenvalue weighted by atomic mass is 35.5. The quantitative estimate of drug-likeness (QED) is 0.411. The van der Waals surface area contributed by atoms with E-state index in [4.69, 9.17) is 16.3 Å². The normalized spacial score (nSPS) is 13.6. The first-order chi connectivity index (χ1) is 17.0. The first-order valence-corrected chi connectivity index (χ1v) is 12.1. The Morgan fingerprint density at radius 3 is 2.80 bits per heavy atom. The van der Waals surface area contributed by atoms with Crippen molar-refractivity contribution in [3.63, 3.8) is 0 Å². The summed E-state index contributed by atoms with van der Waals surface area (Å²) >= 11 is 6.39. The van der Waals surface area contributed by atoms with Crippen LogP contribution in [0.15, 0.2) is 35.3 Å². The molecule has 0 radical (unpaired) electrons. The molecule has 35 heavy (non-hydrogen) atoms. The summed E-state index contributed by atoms with van der Waals surface area (Å²) in [6.07, 6.45) is 3.39. The second-order valence-electron chi connectivity index (χ2n) is 8.28. The van der Waals surface area contributed by atoms with Crippen LogP contribution in [0, 0.1) is 0 Å². The molecule has 186 valence electrons. The van der Waals surface area contributed by atoms with Gasteiger partial charge in [0.1, 0.15) is 5.02 Å². The standard InChI is InChI=1S/C24H30ClN7O3/c1-3-4-9-32-19-6-5-17(12-16(19)13-20(23(32)34)35-15-21(33)26-2)29-22-18(25)14-28-24(30-22)31-10-7-27-8-11-31/h5-6,12-14,27H,3-4,7-11,15H2,1-2H3,(H,26,33)(H,28,29,30). The van der Waals surface area contributed by atoms with E-state index in [1.807, 2.05) is 18.2 Å². The van der Waals surface area contributed by atoms with Crippen LogP contribution in [-0.2, 0) is 11.3 Å². The summed E-state index contributed by atoms with van der Waals surface area (Å²) in [5.74, 6) is 0.955. The van der Waals surface area contributed by atoms with Crippen LogP contribution in [0.25, 0.3) is 10.9 Å². The molecule has 1 aromatic carbocycles. The summed E-state index contributed by atoms with van der Waals surface area (Å²) in [6, 6.07) is 7.36. The SMILES string of the molecule is CCCCn1c(=O)c(OCC(=O)NC)cc2cc(Nc3nc(N4CCNCC4)ncc3Cl)ccc21. The van der Waals surface area contributed by atoms with Gasteiger partial charge in [0, 0.05) is 50.8 Å². The number of anilines is 3. The molecule has 3 N–H and O–H groups in total. The second kappa shape index (κ2) is 11.4. The van der Waals surface area contributed by atoms with E-state index < -0.39 is 0 Å². The molecule has 1 saturated heterocycles. The van der Waals surface area contributed by atoms with E-state index in [0.29, 0.717) is 23.3 Å². The number of amides is 1. The van der Waals surface area contributed by atoms with Crippen molar-refractivity contribution in [1.82, 2.24) is 25.2 Å². The largest absolute Gasteiger partial charge is 0.478 e. The first kappa shape index (κ1) is 24.7. The van der Waals surface area contributed by atoms with E-state index in [9.17, 15) is 9.59 Å². The number of carbonyl (C=O) groups is 1. The summed E-state index contributed by atoms with van der Waals surface area (Å²) in [7, 11) is 1.52. The van der Waals surface area contributed by atoms with Gasteiger partial charge in [-0.2, -0.15) is 4.98 Å². The average molecular weight is 500 g/mol. The molecule has 3 aromatic rings. The van der Waals surface area contributed by atoms with Gasteiger partial charge >= 0.3 is 0 Å². The fraction of sp³-hybridized carbons (Fsp3) is 0.417. The first-order valence-electron chi connectivity index (χ1n) is 11.8. The highest BCUT2D eigenvalue weighted by Crippen LogP contribution is 2.28. The van der Waals surface area contributed by atoms with Gasteiger partial charge in [-0.1, -0.05) is 24.9 Å². The monoisotopic (exact) mass is 499 g/mol. The molecule has 0 spiro atoms. The highest BCUT2D eigenvalue weighted by Gasteiger charge is 2.16. The molecular weight excluding hydrogens is 470 g/mol. The zero-order chi connectivity index (χ0) is 24.8. The Bertz CT molecular complexity index is 1260. The number of aryl methyl sites for hydroxylation is 1. The minimum absolute atomic E-state index is 0.135. The number of piperazine rings is 1. The van der Waals surface area contributed by atoms with Gasteiger partial charge in [-0.25, -0.2) is 4.98 Å².